The van der Waals surface area contributed by atoms with Crippen molar-refractivity contribution in [2.75, 3.05) is 26.7 Å². The third kappa shape index (κ3) is 4.97. The highest BCUT2D eigenvalue weighted by atomic mass is 15.2. The molecule has 1 saturated heterocycles. The molecule has 0 radical (unpaired) electrons. The highest BCUT2D eigenvalue weighted by molar-refractivity contribution is 4.81. The molecule has 2 atom stereocenters. The first-order valence-corrected chi connectivity index (χ1v) is 7.48. The van der Waals surface area contributed by atoms with Crippen molar-refractivity contribution in [3.05, 3.63) is 0 Å². The van der Waals surface area contributed by atoms with Gasteiger partial charge >= 0.3 is 0 Å². The summed E-state index contributed by atoms with van der Waals surface area (Å²) in [5, 5.41) is 0. The molecule has 1 aliphatic heterocycles. The summed E-state index contributed by atoms with van der Waals surface area (Å²) >= 11 is 0. The van der Waals surface area contributed by atoms with Crippen molar-refractivity contribution in [3.63, 3.8) is 0 Å². The minimum atomic E-state index is 0.760. The van der Waals surface area contributed by atoms with E-state index in [-0.39, 0.29) is 0 Å². The first kappa shape index (κ1) is 15.0. The number of piperidine rings is 1. The van der Waals surface area contributed by atoms with Crippen LogP contribution in [0.2, 0.25) is 0 Å². The first-order valence-electron chi connectivity index (χ1n) is 7.48. The fraction of sp³-hybridized carbons (Fsp3) is 1.00. The van der Waals surface area contributed by atoms with Crippen molar-refractivity contribution in [1.29, 1.82) is 0 Å². The molecule has 1 fully saturated rings. The number of likely N-dealkylation sites (tertiary alicyclic amines) is 1. The Morgan fingerprint density at radius 1 is 1.29 bits per heavy atom. The number of likely N-dealkylation sites (N-methyl/N-ethyl adjacent to an activating group) is 1. The third-order valence-corrected chi connectivity index (χ3v) is 4.32. The maximum Gasteiger partial charge on any atom is 0.0220 e. The molecule has 0 saturated carbocycles. The number of hydrogen-bond acceptors (Lipinski definition) is 2. The van der Waals surface area contributed by atoms with Crippen LogP contribution in [0.25, 0.3) is 0 Å². The van der Waals surface area contributed by atoms with E-state index in [1.807, 2.05) is 0 Å². The van der Waals surface area contributed by atoms with E-state index >= 15 is 0 Å². The van der Waals surface area contributed by atoms with Crippen molar-refractivity contribution in [3.8, 4) is 0 Å². The molecule has 0 aromatic rings. The van der Waals surface area contributed by atoms with Gasteiger partial charge in [-0.3, -0.25) is 4.90 Å². The molecule has 17 heavy (non-hydrogen) atoms. The lowest BCUT2D eigenvalue weighted by molar-refractivity contribution is 0.0860. The molecular formula is C15H32N2. The van der Waals surface area contributed by atoms with Crippen LogP contribution in [0.15, 0.2) is 0 Å². The van der Waals surface area contributed by atoms with Crippen LogP contribution in [0, 0.1) is 5.92 Å². The van der Waals surface area contributed by atoms with Gasteiger partial charge in [-0.2, -0.15) is 0 Å². The van der Waals surface area contributed by atoms with Crippen LogP contribution in [0.5, 0.6) is 0 Å². The molecule has 0 aromatic heterocycles. The fourth-order valence-corrected chi connectivity index (χ4v) is 2.65. The van der Waals surface area contributed by atoms with Gasteiger partial charge in [0.2, 0.25) is 0 Å². The summed E-state index contributed by atoms with van der Waals surface area (Å²) in [5.41, 5.74) is 0. The van der Waals surface area contributed by atoms with Gasteiger partial charge in [0.25, 0.3) is 0 Å². The van der Waals surface area contributed by atoms with Crippen LogP contribution >= 0.6 is 0 Å². The summed E-state index contributed by atoms with van der Waals surface area (Å²) in [7, 11) is 2.31. The lowest BCUT2D eigenvalue weighted by Crippen LogP contribution is -2.49. The fourth-order valence-electron chi connectivity index (χ4n) is 2.65. The van der Waals surface area contributed by atoms with E-state index in [0.717, 1.165) is 18.0 Å². The van der Waals surface area contributed by atoms with Gasteiger partial charge in [0.15, 0.2) is 0 Å². The van der Waals surface area contributed by atoms with Gasteiger partial charge in [0.1, 0.15) is 0 Å². The largest absolute Gasteiger partial charge is 0.302 e. The Morgan fingerprint density at radius 2 is 2.00 bits per heavy atom. The average Bonchev–Trinajstić information content (AvgIpc) is 2.35. The van der Waals surface area contributed by atoms with Gasteiger partial charge < -0.3 is 4.90 Å². The molecular weight excluding hydrogens is 208 g/mol. The summed E-state index contributed by atoms with van der Waals surface area (Å²) in [6.07, 6.45) is 5.38. The van der Waals surface area contributed by atoms with Crippen molar-refractivity contribution in [1.82, 2.24) is 9.80 Å². The molecule has 1 heterocycles. The Balaban J connectivity index is 2.37. The van der Waals surface area contributed by atoms with Gasteiger partial charge in [-0.05, 0) is 58.7 Å². The molecule has 0 aromatic carbocycles. The SMILES string of the molecule is CCC(C)N1CCCC(N(C)CCC(C)C)C1. The minimum absolute atomic E-state index is 0.760. The third-order valence-electron chi connectivity index (χ3n) is 4.32. The molecule has 2 unspecified atom stereocenters. The second-order valence-electron chi connectivity index (χ2n) is 6.21. The Bertz CT molecular complexity index is 203. The summed E-state index contributed by atoms with van der Waals surface area (Å²) in [6.45, 7) is 13.2. The van der Waals surface area contributed by atoms with Gasteiger partial charge in [0, 0.05) is 18.6 Å². The molecule has 1 aliphatic rings. The van der Waals surface area contributed by atoms with Crippen molar-refractivity contribution < 1.29 is 0 Å². The predicted octanol–water partition coefficient (Wildman–Crippen LogP) is 3.23. The molecule has 0 spiro atoms. The highest BCUT2D eigenvalue weighted by Gasteiger charge is 2.25. The van der Waals surface area contributed by atoms with Gasteiger partial charge in [-0.1, -0.05) is 20.8 Å². The number of rotatable bonds is 6. The van der Waals surface area contributed by atoms with Crippen LogP contribution < -0.4 is 0 Å². The van der Waals surface area contributed by atoms with Crippen molar-refractivity contribution in [2.45, 2.75) is 65.5 Å². The van der Waals surface area contributed by atoms with Crippen LogP contribution in [-0.4, -0.2) is 48.6 Å². The van der Waals surface area contributed by atoms with E-state index in [1.165, 1.54) is 45.3 Å². The van der Waals surface area contributed by atoms with Crippen LogP contribution in [0.4, 0.5) is 0 Å². The topological polar surface area (TPSA) is 6.48 Å². The number of hydrogen-bond donors (Lipinski definition) is 0. The molecule has 0 aliphatic carbocycles. The highest BCUT2D eigenvalue weighted by Crippen LogP contribution is 2.18. The lowest BCUT2D eigenvalue weighted by atomic mass is 10.0. The maximum absolute atomic E-state index is 2.68. The Hall–Kier alpha value is -0.0800. The summed E-state index contributed by atoms with van der Waals surface area (Å²) < 4.78 is 0. The van der Waals surface area contributed by atoms with Gasteiger partial charge in [-0.15, -0.1) is 0 Å². The lowest BCUT2D eigenvalue weighted by Gasteiger charge is -2.40. The van der Waals surface area contributed by atoms with Gasteiger partial charge in [-0.25, -0.2) is 0 Å². The van der Waals surface area contributed by atoms with Crippen molar-refractivity contribution in [2.24, 2.45) is 5.92 Å². The molecule has 0 amide bonds. The minimum Gasteiger partial charge on any atom is -0.302 e. The van der Waals surface area contributed by atoms with E-state index in [1.54, 1.807) is 0 Å². The second kappa shape index (κ2) is 7.38. The molecule has 2 heteroatoms. The summed E-state index contributed by atoms with van der Waals surface area (Å²) in [6, 6.07) is 1.55. The Kier molecular flexibility index (Phi) is 6.50. The zero-order valence-corrected chi connectivity index (χ0v) is 12.6. The van der Waals surface area contributed by atoms with Gasteiger partial charge in [0.05, 0.1) is 0 Å². The quantitative estimate of drug-likeness (QED) is 0.703. The number of nitrogens with zero attached hydrogens (tertiary/aromatic N) is 2. The molecule has 0 bridgehead atoms. The smallest absolute Gasteiger partial charge is 0.0220 e. The Morgan fingerprint density at radius 3 is 2.59 bits per heavy atom. The maximum atomic E-state index is 2.68. The zero-order chi connectivity index (χ0) is 12.8. The average molecular weight is 240 g/mol. The molecule has 2 nitrogen and oxygen atoms in total. The van der Waals surface area contributed by atoms with Crippen LogP contribution in [0.1, 0.15) is 53.4 Å². The van der Waals surface area contributed by atoms with E-state index in [2.05, 4.69) is 44.5 Å². The second-order valence-corrected chi connectivity index (χ2v) is 6.21. The van der Waals surface area contributed by atoms with E-state index in [4.69, 9.17) is 0 Å². The molecule has 102 valence electrons. The van der Waals surface area contributed by atoms with Crippen LogP contribution in [0.3, 0.4) is 0 Å². The van der Waals surface area contributed by atoms with E-state index < -0.39 is 0 Å². The monoisotopic (exact) mass is 240 g/mol. The predicted molar refractivity (Wildman–Crippen MR) is 76.4 cm³/mol. The van der Waals surface area contributed by atoms with Crippen LogP contribution in [-0.2, 0) is 0 Å². The first-order chi connectivity index (χ1) is 8.04. The Labute approximate surface area is 108 Å². The standard InChI is InChI=1S/C15H32N2/c1-6-14(4)17-10-7-8-15(12-17)16(5)11-9-13(2)3/h13-15H,6-12H2,1-5H3. The van der Waals surface area contributed by atoms with Crippen molar-refractivity contribution >= 4 is 0 Å². The summed E-state index contributed by atoms with van der Waals surface area (Å²) in [4.78, 5) is 5.27. The van der Waals surface area contributed by atoms with E-state index in [0.29, 0.717) is 0 Å². The zero-order valence-electron chi connectivity index (χ0n) is 12.6. The van der Waals surface area contributed by atoms with E-state index in [9.17, 15) is 0 Å². The summed E-state index contributed by atoms with van der Waals surface area (Å²) in [5.74, 6) is 0.826. The molecule has 0 N–H and O–H groups in total. The molecule has 1 rings (SSSR count). The normalized spacial score (nSPS) is 24.5.